The van der Waals surface area contributed by atoms with Gasteiger partial charge < -0.3 is 0 Å². The highest BCUT2D eigenvalue weighted by atomic mass is 16.7. The molecule has 1 rings (SSSR count). The van der Waals surface area contributed by atoms with E-state index in [0.717, 1.165) is 0 Å². The van der Waals surface area contributed by atoms with Crippen LogP contribution in [0.1, 0.15) is 13.3 Å². The van der Waals surface area contributed by atoms with Gasteiger partial charge in [0.2, 0.25) is 6.04 Å². The maximum absolute atomic E-state index is 11.2. The summed E-state index contributed by atoms with van der Waals surface area (Å²) in [6.07, 6.45) is -0.124. The van der Waals surface area contributed by atoms with E-state index in [4.69, 9.17) is 0 Å². The van der Waals surface area contributed by atoms with Crippen LogP contribution in [-0.2, 0) is 4.79 Å². The van der Waals surface area contributed by atoms with Gasteiger partial charge in [-0.25, -0.2) is 15.5 Å². The van der Waals surface area contributed by atoms with Gasteiger partial charge in [-0.1, -0.05) is 5.53 Å². The van der Waals surface area contributed by atoms with Gasteiger partial charge in [0.1, 0.15) is 5.78 Å². The fourth-order valence-electron chi connectivity index (χ4n) is 1.33. The Morgan fingerprint density at radius 2 is 2.06 bits per heavy atom. The Balaban J connectivity index is 2.77. The molecule has 1 aliphatic rings. The van der Waals surface area contributed by atoms with E-state index in [1.165, 1.54) is 6.92 Å². The normalized spacial score (nSPS) is 25.8. The molecule has 1 heterocycles. The molecule has 17 heavy (non-hydrogen) atoms. The molecule has 0 aromatic rings. The topological polar surface area (TPSA) is 143 Å². The first-order valence-electron chi connectivity index (χ1n) is 4.75. The maximum Gasteiger partial charge on any atom is 0.228 e. The molecule has 0 aromatic heterocycles. The SMILES string of the molecule is CC(=O)C1CC([N+](=O)[O-])CNNN([N+](=O)[O-])N1. The third kappa shape index (κ3) is 3.58. The predicted octanol–water partition coefficient (Wildman–Crippen LogP) is -2.00. The van der Waals surface area contributed by atoms with Crippen molar-refractivity contribution in [3.05, 3.63) is 20.2 Å². The Kier molecular flexibility index (Phi) is 4.25. The van der Waals surface area contributed by atoms with Crippen LogP contribution in [0.15, 0.2) is 0 Å². The van der Waals surface area contributed by atoms with Crippen molar-refractivity contribution in [3.63, 3.8) is 0 Å². The number of nitrogens with one attached hydrogen (secondary N) is 3. The lowest BCUT2D eigenvalue weighted by atomic mass is 10.1. The quantitative estimate of drug-likeness (QED) is 0.381. The molecule has 1 aliphatic heterocycles. The van der Waals surface area contributed by atoms with Gasteiger partial charge in [-0.3, -0.25) is 14.9 Å². The summed E-state index contributed by atoms with van der Waals surface area (Å²) in [7, 11) is 0. The Hall–Kier alpha value is -1.85. The van der Waals surface area contributed by atoms with E-state index in [0.29, 0.717) is 5.23 Å². The summed E-state index contributed by atoms with van der Waals surface area (Å²) in [5, 5.41) is 20.7. The fourth-order valence-corrected chi connectivity index (χ4v) is 1.33. The Morgan fingerprint density at radius 1 is 1.41 bits per heavy atom. The van der Waals surface area contributed by atoms with E-state index in [1.54, 1.807) is 0 Å². The van der Waals surface area contributed by atoms with Crippen molar-refractivity contribution in [1.82, 2.24) is 21.6 Å². The van der Waals surface area contributed by atoms with Crippen LogP contribution in [-0.4, -0.2) is 39.6 Å². The van der Waals surface area contributed by atoms with Crippen LogP contribution in [0.5, 0.6) is 0 Å². The van der Waals surface area contributed by atoms with Gasteiger partial charge in [-0.15, -0.1) is 0 Å². The molecule has 0 radical (unpaired) electrons. The number of carbonyl (C=O) groups excluding carboxylic acids is 1. The van der Waals surface area contributed by atoms with Gasteiger partial charge in [0, 0.05) is 16.6 Å². The lowest BCUT2D eigenvalue weighted by Crippen LogP contribution is -2.64. The van der Waals surface area contributed by atoms with Gasteiger partial charge >= 0.3 is 0 Å². The van der Waals surface area contributed by atoms with Crippen molar-refractivity contribution in [2.75, 3.05) is 6.54 Å². The molecule has 3 N–H and O–H groups in total. The zero-order valence-electron chi connectivity index (χ0n) is 8.95. The maximum atomic E-state index is 11.2. The number of carbonyl (C=O) groups is 1. The number of hydrazine groups is 4. The summed E-state index contributed by atoms with van der Waals surface area (Å²) < 4.78 is 0. The second-order valence-electron chi connectivity index (χ2n) is 3.51. The Labute approximate surface area is 95.3 Å². The lowest BCUT2D eigenvalue weighted by Gasteiger charge is -2.25. The summed E-state index contributed by atoms with van der Waals surface area (Å²) in [4.78, 5) is 31.9. The predicted molar refractivity (Wildman–Crippen MR) is 53.0 cm³/mol. The van der Waals surface area contributed by atoms with E-state index in [9.17, 15) is 25.0 Å². The van der Waals surface area contributed by atoms with E-state index in [1.807, 2.05) is 0 Å². The lowest BCUT2D eigenvalue weighted by molar-refractivity contribution is -0.690. The summed E-state index contributed by atoms with van der Waals surface area (Å²) >= 11 is 0. The van der Waals surface area contributed by atoms with Crippen LogP contribution < -0.4 is 16.4 Å². The standard InChI is InChI=1S/C6H12N6O5/c1-4(13)6-2-5(10(14)15)3-7-9-11(8-6)12(16)17/h5-9H,2-3H2,1H3. The van der Waals surface area contributed by atoms with Crippen LogP contribution in [0.3, 0.4) is 0 Å². The number of ketones is 1. The number of rotatable bonds is 3. The average molecular weight is 248 g/mol. The van der Waals surface area contributed by atoms with Gasteiger partial charge in [0.15, 0.2) is 5.03 Å². The molecule has 0 amide bonds. The largest absolute Gasteiger partial charge is 0.298 e. The highest BCUT2D eigenvalue weighted by Crippen LogP contribution is 2.05. The molecule has 0 aromatic carbocycles. The van der Waals surface area contributed by atoms with E-state index in [-0.39, 0.29) is 13.0 Å². The van der Waals surface area contributed by atoms with Gasteiger partial charge in [-0.05, 0) is 6.92 Å². The number of hydrogen-bond acceptors (Lipinski definition) is 8. The smallest absolute Gasteiger partial charge is 0.228 e. The van der Waals surface area contributed by atoms with Gasteiger partial charge in [-0.2, -0.15) is 5.43 Å². The second kappa shape index (κ2) is 5.47. The second-order valence-corrected chi connectivity index (χ2v) is 3.51. The zero-order chi connectivity index (χ0) is 13.0. The van der Waals surface area contributed by atoms with Crippen molar-refractivity contribution in [3.8, 4) is 0 Å². The van der Waals surface area contributed by atoms with Crippen molar-refractivity contribution in [2.45, 2.75) is 25.4 Å². The van der Waals surface area contributed by atoms with Crippen molar-refractivity contribution in [2.24, 2.45) is 0 Å². The minimum absolute atomic E-state index is 0.122. The molecule has 2 unspecified atom stereocenters. The molecule has 11 heteroatoms. The zero-order valence-corrected chi connectivity index (χ0v) is 8.95. The Bertz CT molecular complexity index is 311. The molecule has 1 saturated heterocycles. The first-order chi connectivity index (χ1) is 7.91. The van der Waals surface area contributed by atoms with Crippen molar-refractivity contribution >= 4 is 5.78 Å². The highest BCUT2D eigenvalue weighted by Gasteiger charge is 2.33. The molecule has 0 saturated carbocycles. The third-order valence-electron chi connectivity index (χ3n) is 2.26. The van der Waals surface area contributed by atoms with E-state index >= 15 is 0 Å². The van der Waals surface area contributed by atoms with Crippen molar-refractivity contribution in [1.29, 1.82) is 0 Å². The summed E-state index contributed by atoms with van der Waals surface area (Å²) in [5.41, 5.74) is 6.68. The minimum Gasteiger partial charge on any atom is -0.298 e. The van der Waals surface area contributed by atoms with E-state index < -0.39 is 27.8 Å². The molecule has 2 atom stereocenters. The van der Waals surface area contributed by atoms with Crippen LogP contribution in [0.2, 0.25) is 0 Å². The van der Waals surface area contributed by atoms with Crippen LogP contribution in [0.4, 0.5) is 0 Å². The van der Waals surface area contributed by atoms with Crippen LogP contribution in [0, 0.1) is 20.2 Å². The number of nitro groups is 2. The first-order valence-corrected chi connectivity index (χ1v) is 4.75. The molecule has 1 fully saturated rings. The minimum atomic E-state index is -1.00. The number of Topliss-reactive ketones (excluding diaryl/α,β-unsaturated/α-hetero) is 1. The van der Waals surface area contributed by atoms with Gasteiger partial charge in [0.25, 0.3) is 0 Å². The molecule has 0 bridgehead atoms. The number of nitrogens with zero attached hydrogens (tertiary/aromatic N) is 3. The average Bonchev–Trinajstić information content (AvgIpc) is 2.15. The molecule has 0 spiro atoms. The summed E-state index contributed by atoms with van der Waals surface area (Å²) in [6, 6.07) is -1.98. The van der Waals surface area contributed by atoms with Gasteiger partial charge in [0.05, 0.1) is 12.6 Å². The van der Waals surface area contributed by atoms with Crippen LogP contribution >= 0.6 is 0 Å². The first kappa shape index (κ1) is 13.2. The van der Waals surface area contributed by atoms with Crippen molar-refractivity contribution < 1.29 is 14.8 Å². The summed E-state index contributed by atoms with van der Waals surface area (Å²) in [6.45, 7) is 1.09. The monoisotopic (exact) mass is 248 g/mol. The number of hydrogen-bond donors (Lipinski definition) is 3. The summed E-state index contributed by atoms with van der Waals surface area (Å²) in [5.74, 6) is -0.410. The molecule has 11 nitrogen and oxygen atoms in total. The third-order valence-corrected chi connectivity index (χ3v) is 2.26. The molecular weight excluding hydrogens is 236 g/mol. The molecule has 0 aliphatic carbocycles. The molecular formula is C6H12N6O5. The van der Waals surface area contributed by atoms with E-state index in [2.05, 4.69) is 16.4 Å². The molecule has 96 valence electrons. The Morgan fingerprint density at radius 3 is 2.53 bits per heavy atom. The van der Waals surface area contributed by atoms with Crippen LogP contribution in [0.25, 0.3) is 0 Å². The highest BCUT2D eigenvalue weighted by molar-refractivity contribution is 5.81. The fraction of sp³-hybridized carbons (Fsp3) is 0.833.